The minimum absolute atomic E-state index is 0.0434. The topological polar surface area (TPSA) is 71.1 Å². The lowest BCUT2D eigenvalue weighted by atomic mass is 9.93. The van der Waals surface area contributed by atoms with Gasteiger partial charge in [0.15, 0.2) is 8.32 Å². The zero-order valence-corrected chi connectivity index (χ0v) is 19.1. The second kappa shape index (κ2) is 6.29. The Kier molecular flexibility index (Phi) is 4.57. The van der Waals surface area contributed by atoms with Crippen LogP contribution in [0.25, 0.3) is 0 Å². The number of hydrogen-bond acceptors (Lipinski definition) is 6. The number of fused-ring (bicyclic) bond motifs is 2. The second-order valence-corrected chi connectivity index (χ2v) is 16.0. The number of rotatable bonds is 5. The Bertz CT molecular complexity index is 681. The Labute approximate surface area is 168 Å². The third-order valence-electron chi connectivity index (χ3n) is 8.10. The van der Waals surface area contributed by atoms with Crippen LogP contribution in [0.15, 0.2) is 0 Å². The van der Waals surface area contributed by atoms with Gasteiger partial charge in [-0.25, -0.2) is 0 Å². The molecule has 7 atom stereocenters. The molecule has 6 nitrogen and oxygen atoms in total. The summed E-state index contributed by atoms with van der Waals surface area (Å²) in [4.78, 5) is 23.9. The van der Waals surface area contributed by atoms with Crippen molar-refractivity contribution >= 4 is 20.3 Å². The maximum Gasteiger partial charge on any atom is 0.312 e. The monoisotopic (exact) mass is 410 g/mol. The van der Waals surface area contributed by atoms with Crippen LogP contribution in [0.3, 0.4) is 0 Å². The lowest BCUT2D eigenvalue weighted by Gasteiger charge is -2.38. The largest absolute Gasteiger partial charge is 0.462 e. The summed E-state index contributed by atoms with van der Waals surface area (Å²) in [7, 11) is -1.91. The van der Waals surface area contributed by atoms with Crippen molar-refractivity contribution in [1.29, 1.82) is 0 Å². The molecule has 4 rings (SSSR count). The predicted molar refractivity (Wildman–Crippen MR) is 105 cm³/mol. The van der Waals surface area contributed by atoms with Gasteiger partial charge in [0.1, 0.15) is 6.10 Å². The highest BCUT2D eigenvalue weighted by Gasteiger charge is 2.72. The minimum atomic E-state index is -1.91. The Morgan fingerprint density at radius 3 is 2.43 bits per heavy atom. The Morgan fingerprint density at radius 1 is 1.18 bits per heavy atom. The van der Waals surface area contributed by atoms with Crippen LogP contribution in [-0.4, -0.2) is 45.4 Å². The van der Waals surface area contributed by atoms with E-state index in [1.165, 1.54) is 0 Å². The third-order valence-corrected chi connectivity index (χ3v) is 12.6. The first-order valence-electron chi connectivity index (χ1n) is 10.5. The molecule has 7 heteroatoms. The molecule has 0 radical (unpaired) electrons. The van der Waals surface area contributed by atoms with Gasteiger partial charge < -0.3 is 18.6 Å². The molecule has 28 heavy (non-hydrogen) atoms. The van der Waals surface area contributed by atoms with Crippen molar-refractivity contribution in [3.63, 3.8) is 0 Å². The fourth-order valence-electron chi connectivity index (χ4n) is 5.05. The molecule has 4 aliphatic rings. The summed E-state index contributed by atoms with van der Waals surface area (Å²) in [5.74, 6) is 0.0378. The van der Waals surface area contributed by atoms with Crippen LogP contribution >= 0.6 is 0 Å². The van der Waals surface area contributed by atoms with Crippen LogP contribution < -0.4 is 0 Å². The summed E-state index contributed by atoms with van der Waals surface area (Å²) < 4.78 is 23.9. The Hall–Kier alpha value is -0.923. The van der Waals surface area contributed by atoms with E-state index in [0.717, 1.165) is 0 Å². The summed E-state index contributed by atoms with van der Waals surface area (Å²) in [6.45, 7) is 15.9. The van der Waals surface area contributed by atoms with E-state index in [9.17, 15) is 9.59 Å². The fraction of sp³-hybridized carbons (Fsp3) is 0.905. The first-order chi connectivity index (χ1) is 12.8. The number of carbonyl (C=O) groups excluding carboxylic acids is 2. The van der Waals surface area contributed by atoms with E-state index < -0.39 is 14.6 Å². The highest BCUT2D eigenvalue weighted by Crippen LogP contribution is 2.65. The molecule has 0 aromatic carbocycles. The zero-order valence-electron chi connectivity index (χ0n) is 18.1. The van der Waals surface area contributed by atoms with Crippen LogP contribution in [0.1, 0.15) is 47.5 Å². The molecule has 2 heterocycles. The third kappa shape index (κ3) is 3.14. The molecular weight excluding hydrogens is 376 g/mol. The van der Waals surface area contributed by atoms with Gasteiger partial charge in [-0.05, 0) is 23.5 Å². The lowest BCUT2D eigenvalue weighted by molar-refractivity contribution is -0.193. The van der Waals surface area contributed by atoms with Gasteiger partial charge in [0.25, 0.3) is 0 Å². The van der Waals surface area contributed by atoms with Gasteiger partial charge in [-0.15, -0.1) is 0 Å². The van der Waals surface area contributed by atoms with Crippen LogP contribution in [0.2, 0.25) is 18.1 Å². The molecule has 0 spiro atoms. The van der Waals surface area contributed by atoms with Crippen LogP contribution in [0.5, 0.6) is 0 Å². The maximum atomic E-state index is 12.1. The molecule has 0 aromatic rings. The molecule has 0 amide bonds. The van der Waals surface area contributed by atoms with Gasteiger partial charge in [-0.2, -0.15) is 0 Å². The van der Waals surface area contributed by atoms with E-state index in [1.807, 2.05) is 0 Å². The van der Waals surface area contributed by atoms with Crippen molar-refractivity contribution in [1.82, 2.24) is 0 Å². The van der Waals surface area contributed by atoms with Gasteiger partial charge >= 0.3 is 11.9 Å². The second-order valence-electron chi connectivity index (χ2n) is 11.2. The van der Waals surface area contributed by atoms with Crippen molar-refractivity contribution in [3.8, 4) is 0 Å². The average molecular weight is 411 g/mol. The van der Waals surface area contributed by atoms with Crippen molar-refractivity contribution in [2.45, 2.75) is 84.1 Å². The summed E-state index contributed by atoms with van der Waals surface area (Å²) in [5.41, 5.74) is -0.0475. The maximum absolute atomic E-state index is 12.1. The number of hydrogen-bond donors (Lipinski definition) is 0. The van der Waals surface area contributed by atoms with E-state index in [0.29, 0.717) is 19.4 Å². The summed E-state index contributed by atoms with van der Waals surface area (Å²) in [6.07, 6.45) is 0.389. The van der Waals surface area contributed by atoms with Crippen LogP contribution in [0.4, 0.5) is 0 Å². The Morgan fingerprint density at radius 2 is 1.86 bits per heavy atom. The number of cyclic esters (lactones) is 1. The first-order valence-corrected chi connectivity index (χ1v) is 13.4. The van der Waals surface area contributed by atoms with Gasteiger partial charge in [-0.1, -0.05) is 34.6 Å². The highest BCUT2D eigenvalue weighted by atomic mass is 28.4. The van der Waals surface area contributed by atoms with Gasteiger partial charge in [0.05, 0.1) is 18.4 Å². The summed E-state index contributed by atoms with van der Waals surface area (Å²) >= 11 is 0. The summed E-state index contributed by atoms with van der Waals surface area (Å²) in [6, 6.07) is 0. The molecule has 2 saturated heterocycles. The number of carbonyl (C=O) groups is 2. The molecule has 0 N–H and O–H groups in total. The van der Waals surface area contributed by atoms with E-state index in [2.05, 4.69) is 47.7 Å². The smallest absolute Gasteiger partial charge is 0.312 e. The molecule has 0 aromatic heterocycles. The first kappa shape index (κ1) is 20.4. The van der Waals surface area contributed by atoms with Crippen molar-refractivity contribution in [2.75, 3.05) is 6.61 Å². The van der Waals surface area contributed by atoms with E-state index in [4.69, 9.17) is 18.6 Å². The fourth-order valence-corrected chi connectivity index (χ4v) is 6.09. The average Bonchev–Trinajstić information content (AvgIpc) is 2.83. The highest BCUT2D eigenvalue weighted by molar-refractivity contribution is 6.74. The van der Waals surface area contributed by atoms with E-state index in [-0.39, 0.29) is 58.3 Å². The summed E-state index contributed by atoms with van der Waals surface area (Å²) in [5, 5.41) is 0.121. The quantitative estimate of drug-likeness (QED) is 0.510. The molecule has 0 bridgehead atoms. The molecule has 4 fully saturated rings. The van der Waals surface area contributed by atoms with Gasteiger partial charge in [-0.3, -0.25) is 9.59 Å². The number of esters is 2. The standard InChI is InChI=1S/C21H34O6Si/c1-20(2,3)28(6,7)24-10-12-11-8-15(22)25-13(11)9-14(12)26-19-17-16(18(23)27-19)21(17,4)5/h11-14,16-17,19H,8-10H2,1-7H3/t11-,12-,13+,14-,16-,17+,19+/m0/s1. The number of ether oxygens (including phenoxy) is 3. The van der Waals surface area contributed by atoms with Gasteiger partial charge in [0.2, 0.25) is 6.29 Å². The zero-order chi connectivity index (χ0) is 20.6. The molecular formula is C21H34O6Si. The van der Waals surface area contributed by atoms with E-state index >= 15 is 0 Å². The molecule has 2 saturated carbocycles. The molecule has 2 aliphatic heterocycles. The van der Waals surface area contributed by atoms with Crippen LogP contribution in [0, 0.1) is 29.1 Å². The van der Waals surface area contributed by atoms with Gasteiger partial charge in [0, 0.05) is 30.8 Å². The van der Waals surface area contributed by atoms with E-state index in [1.54, 1.807) is 0 Å². The normalized spacial score (nSPS) is 41.5. The predicted octanol–water partition coefficient (Wildman–Crippen LogP) is 3.50. The van der Waals surface area contributed by atoms with Crippen molar-refractivity contribution in [3.05, 3.63) is 0 Å². The molecule has 158 valence electrons. The van der Waals surface area contributed by atoms with Crippen LogP contribution in [-0.2, 0) is 28.2 Å². The molecule has 0 unspecified atom stereocenters. The molecule has 2 aliphatic carbocycles. The lowest BCUT2D eigenvalue weighted by Crippen LogP contribution is -2.44. The minimum Gasteiger partial charge on any atom is -0.462 e. The SMILES string of the molecule is CC1(C)[C@H]2[C@H](O[C@H]3C[C@H]4OC(=O)C[C@H]4[C@@H]3CO[Si](C)(C)C(C)(C)C)OC(=O)[C@H]21. The Balaban J connectivity index is 1.47. The van der Waals surface area contributed by atoms with Crippen molar-refractivity contribution in [2.24, 2.45) is 29.1 Å². The van der Waals surface area contributed by atoms with Crippen molar-refractivity contribution < 1.29 is 28.2 Å².